The number of methoxy groups -OCH3 is 2. The number of ether oxygens (including phenoxy) is 2. The number of hydrogen-bond donors (Lipinski definition) is 2. The Bertz CT molecular complexity index is 614. The Morgan fingerprint density at radius 2 is 1.83 bits per heavy atom. The highest BCUT2D eigenvalue weighted by Gasteiger charge is 2.24. The van der Waals surface area contributed by atoms with Gasteiger partial charge in [0.05, 0.1) is 20.8 Å². The Morgan fingerprint density at radius 1 is 1.21 bits per heavy atom. The predicted molar refractivity (Wildman–Crippen MR) is 90.3 cm³/mol. The smallest absolute Gasteiger partial charge is 0.321 e. The molecule has 1 saturated carbocycles. The highest BCUT2D eigenvalue weighted by atomic mass is 16.5. The fourth-order valence-corrected chi connectivity index (χ4v) is 2.40. The van der Waals surface area contributed by atoms with Gasteiger partial charge in [-0.3, -0.25) is 15.0 Å². The fraction of sp³-hybridized carbons (Fsp3) is 0.529. The second-order valence-electron chi connectivity index (χ2n) is 6.10. The number of rotatable bonds is 7. The number of urea groups is 1. The molecule has 1 aromatic rings. The van der Waals surface area contributed by atoms with E-state index in [-0.39, 0.29) is 18.5 Å². The van der Waals surface area contributed by atoms with Gasteiger partial charge in [-0.1, -0.05) is 0 Å². The highest BCUT2D eigenvalue weighted by Crippen LogP contribution is 2.30. The van der Waals surface area contributed by atoms with E-state index >= 15 is 0 Å². The fourth-order valence-electron chi connectivity index (χ4n) is 2.40. The van der Waals surface area contributed by atoms with Crippen molar-refractivity contribution in [2.24, 2.45) is 0 Å². The van der Waals surface area contributed by atoms with Crippen LogP contribution in [0.25, 0.3) is 0 Å². The van der Waals surface area contributed by atoms with Crippen molar-refractivity contribution in [2.75, 3.05) is 27.8 Å². The van der Waals surface area contributed by atoms with E-state index in [2.05, 4.69) is 10.6 Å². The number of benzene rings is 1. The lowest BCUT2D eigenvalue weighted by Gasteiger charge is -2.19. The number of amides is 3. The molecule has 0 spiro atoms. The molecule has 24 heavy (non-hydrogen) atoms. The van der Waals surface area contributed by atoms with Crippen molar-refractivity contribution in [3.05, 3.63) is 23.3 Å². The zero-order valence-electron chi connectivity index (χ0n) is 14.6. The number of imide groups is 1. The Labute approximate surface area is 142 Å². The molecule has 0 unspecified atom stereocenters. The zero-order valence-corrected chi connectivity index (χ0v) is 14.6. The van der Waals surface area contributed by atoms with Crippen molar-refractivity contribution in [3.8, 4) is 11.5 Å². The van der Waals surface area contributed by atoms with Crippen LogP contribution in [0.5, 0.6) is 11.5 Å². The van der Waals surface area contributed by atoms with E-state index in [0.717, 1.165) is 24.0 Å². The molecule has 7 nitrogen and oxygen atoms in total. The number of carbonyl (C=O) groups is 2. The van der Waals surface area contributed by atoms with Gasteiger partial charge in [-0.2, -0.15) is 0 Å². The quantitative estimate of drug-likeness (QED) is 0.788. The molecule has 0 saturated heterocycles. The van der Waals surface area contributed by atoms with E-state index in [1.165, 1.54) is 0 Å². The van der Waals surface area contributed by atoms with Crippen LogP contribution in [0, 0.1) is 6.92 Å². The maximum absolute atomic E-state index is 11.9. The zero-order chi connectivity index (χ0) is 17.7. The Balaban J connectivity index is 1.90. The third kappa shape index (κ3) is 5.13. The lowest BCUT2D eigenvalue weighted by Crippen LogP contribution is -2.44. The molecule has 0 bridgehead atoms. The largest absolute Gasteiger partial charge is 0.493 e. The molecule has 0 radical (unpaired) electrons. The number of aryl methyl sites for hydroxylation is 1. The van der Waals surface area contributed by atoms with E-state index in [9.17, 15) is 9.59 Å². The van der Waals surface area contributed by atoms with Crippen molar-refractivity contribution in [2.45, 2.75) is 32.4 Å². The summed E-state index contributed by atoms with van der Waals surface area (Å²) in [6.45, 7) is 2.67. The van der Waals surface area contributed by atoms with E-state index in [0.29, 0.717) is 18.0 Å². The first-order chi connectivity index (χ1) is 11.4. The second kappa shape index (κ2) is 8.01. The topological polar surface area (TPSA) is 79.9 Å². The maximum atomic E-state index is 11.9. The van der Waals surface area contributed by atoms with Crippen LogP contribution in [0.2, 0.25) is 0 Å². The van der Waals surface area contributed by atoms with Crippen molar-refractivity contribution < 1.29 is 19.1 Å². The SMILES string of the molecule is COc1cc(C)c(CN(C)CC(=O)NC(=O)NC2CC2)cc1OC. The molecule has 2 N–H and O–H groups in total. The van der Waals surface area contributed by atoms with Gasteiger partial charge in [0.1, 0.15) is 0 Å². The third-order valence-electron chi connectivity index (χ3n) is 3.86. The highest BCUT2D eigenvalue weighted by molar-refractivity contribution is 5.95. The van der Waals surface area contributed by atoms with Crippen LogP contribution in [0.15, 0.2) is 12.1 Å². The molecule has 0 aliphatic heterocycles. The van der Waals surface area contributed by atoms with Crippen LogP contribution in [0.3, 0.4) is 0 Å². The molecule has 1 aromatic carbocycles. The summed E-state index contributed by atoms with van der Waals surface area (Å²) in [5, 5.41) is 5.07. The third-order valence-corrected chi connectivity index (χ3v) is 3.86. The molecule has 1 aliphatic rings. The lowest BCUT2D eigenvalue weighted by atomic mass is 10.1. The van der Waals surface area contributed by atoms with Crippen molar-refractivity contribution in [1.82, 2.24) is 15.5 Å². The van der Waals surface area contributed by atoms with Gasteiger partial charge in [0, 0.05) is 12.6 Å². The van der Waals surface area contributed by atoms with Crippen LogP contribution >= 0.6 is 0 Å². The molecule has 0 aromatic heterocycles. The maximum Gasteiger partial charge on any atom is 0.321 e. The molecule has 1 aliphatic carbocycles. The summed E-state index contributed by atoms with van der Waals surface area (Å²) in [6.07, 6.45) is 1.97. The summed E-state index contributed by atoms with van der Waals surface area (Å²) in [4.78, 5) is 25.3. The average molecular weight is 335 g/mol. The molecular weight excluding hydrogens is 310 g/mol. The molecule has 0 atom stereocenters. The normalized spacial score (nSPS) is 13.5. The standard InChI is InChI=1S/C17H25N3O4/c1-11-7-14(23-3)15(24-4)8-12(11)9-20(2)10-16(21)19-17(22)18-13-5-6-13/h7-8,13H,5-6,9-10H2,1-4H3,(H2,18,19,21,22). The first kappa shape index (κ1) is 18.1. The van der Waals surface area contributed by atoms with Crippen molar-refractivity contribution in [3.63, 3.8) is 0 Å². The minimum absolute atomic E-state index is 0.131. The Morgan fingerprint density at radius 3 is 2.42 bits per heavy atom. The first-order valence-electron chi connectivity index (χ1n) is 7.93. The van der Waals surface area contributed by atoms with Crippen LogP contribution in [0.4, 0.5) is 4.79 Å². The van der Waals surface area contributed by atoms with Crippen LogP contribution in [0.1, 0.15) is 24.0 Å². The van der Waals surface area contributed by atoms with Crippen molar-refractivity contribution >= 4 is 11.9 Å². The number of nitrogens with zero attached hydrogens (tertiary/aromatic N) is 1. The average Bonchev–Trinajstić information content (AvgIpc) is 3.32. The van der Waals surface area contributed by atoms with Gasteiger partial charge >= 0.3 is 6.03 Å². The van der Waals surface area contributed by atoms with E-state index in [4.69, 9.17) is 9.47 Å². The number of hydrogen-bond acceptors (Lipinski definition) is 5. The number of nitrogens with one attached hydrogen (secondary N) is 2. The van der Waals surface area contributed by atoms with Gasteiger partial charge in [0.15, 0.2) is 11.5 Å². The summed E-state index contributed by atoms with van der Waals surface area (Å²) in [5.41, 5.74) is 2.08. The summed E-state index contributed by atoms with van der Waals surface area (Å²) in [7, 11) is 5.02. The first-order valence-corrected chi connectivity index (χ1v) is 7.93. The van der Waals surface area contributed by atoms with E-state index < -0.39 is 6.03 Å². The lowest BCUT2D eigenvalue weighted by molar-refractivity contribution is -0.120. The monoisotopic (exact) mass is 335 g/mol. The van der Waals surface area contributed by atoms with Crippen molar-refractivity contribution in [1.29, 1.82) is 0 Å². The Hall–Kier alpha value is -2.28. The summed E-state index contributed by atoms with van der Waals surface area (Å²) in [6, 6.07) is 3.62. The molecule has 132 valence electrons. The Kier molecular flexibility index (Phi) is 6.03. The minimum atomic E-state index is -0.418. The summed E-state index contributed by atoms with van der Waals surface area (Å²) < 4.78 is 10.6. The van der Waals surface area contributed by atoms with Gasteiger partial charge in [-0.15, -0.1) is 0 Å². The second-order valence-corrected chi connectivity index (χ2v) is 6.10. The molecule has 7 heteroatoms. The van der Waals surface area contributed by atoms with Gasteiger partial charge < -0.3 is 14.8 Å². The molecule has 0 heterocycles. The molecule has 2 rings (SSSR count). The van der Waals surface area contributed by atoms with Gasteiger partial charge in [-0.25, -0.2) is 4.79 Å². The summed E-state index contributed by atoms with van der Waals surface area (Å²) >= 11 is 0. The number of carbonyl (C=O) groups excluding carboxylic acids is 2. The molecule has 1 fully saturated rings. The van der Waals surface area contributed by atoms with Gasteiger partial charge in [-0.05, 0) is 50.1 Å². The molecule has 3 amide bonds. The van der Waals surface area contributed by atoms with E-state index in [1.807, 2.05) is 31.0 Å². The van der Waals surface area contributed by atoms with Gasteiger partial charge in [0.2, 0.25) is 5.91 Å². The van der Waals surface area contributed by atoms with Crippen LogP contribution < -0.4 is 20.1 Å². The minimum Gasteiger partial charge on any atom is -0.493 e. The number of likely N-dealkylation sites (N-methyl/N-ethyl adjacent to an activating group) is 1. The predicted octanol–water partition coefficient (Wildman–Crippen LogP) is 1.43. The van der Waals surface area contributed by atoms with Gasteiger partial charge in [0.25, 0.3) is 0 Å². The molecular formula is C17H25N3O4. The van der Waals surface area contributed by atoms with Crippen LogP contribution in [-0.2, 0) is 11.3 Å². The van der Waals surface area contributed by atoms with E-state index in [1.54, 1.807) is 14.2 Å². The van der Waals surface area contributed by atoms with Crippen LogP contribution in [-0.4, -0.2) is 50.7 Å². The summed E-state index contributed by atoms with van der Waals surface area (Å²) in [5.74, 6) is 1.00.